The minimum Gasteiger partial charge on any atom is -0.550 e. The van der Waals surface area contributed by atoms with Crippen LogP contribution in [-0.4, -0.2) is 40.7 Å². The molecule has 0 aromatic heterocycles. The van der Waals surface area contributed by atoms with Crippen molar-refractivity contribution in [2.24, 2.45) is 11.8 Å². The predicted molar refractivity (Wildman–Crippen MR) is 107 cm³/mol. The second-order valence-corrected chi connectivity index (χ2v) is 9.48. The molecule has 31 heavy (non-hydrogen) atoms. The Morgan fingerprint density at radius 1 is 1.19 bits per heavy atom. The maximum Gasteiger partial charge on any atom is 0.291 e. The first-order chi connectivity index (χ1) is 14.8. The number of aliphatic carboxylic acids is 1. The van der Waals surface area contributed by atoms with Gasteiger partial charge in [-0.1, -0.05) is 18.9 Å². The zero-order valence-electron chi connectivity index (χ0n) is 17.8. The number of carbonyl (C=O) groups is 4. The highest BCUT2D eigenvalue weighted by atomic mass is 16.4. The minimum absolute atomic E-state index is 0.117. The van der Waals surface area contributed by atoms with Crippen molar-refractivity contribution in [3.63, 3.8) is 0 Å². The van der Waals surface area contributed by atoms with E-state index in [0.717, 1.165) is 42.4 Å². The van der Waals surface area contributed by atoms with Crippen LogP contribution < -0.4 is 15.7 Å². The summed E-state index contributed by atoms with van der Waals surface area (Å²) in [7, 11) is 0. The van der Waals surface area contributed by atoms with Gasteiger partial charge in [0.1, 0.15) is 17.9 Å². The maximum atomic E-state index is 13.7. The number of quaternary nitrogens is 1. The number of benzene rings is 1. The molecule has 1 aromatic rings. The Morgan fingerprint density at radius 3 is 2.58 bits per heavy atom. The van der Waals surface area contributed by atoms with Gasteiger partial charge in [-0.15, -0.1) is 0 Å². The van der Waals surface area contributed by atoms with Crippen molar-refractivity contribution >= 4 is 29.4 Å². The highest BCUT2D eigenvalue weighted by Gasteiger charge is 2.74. The number of hydrogen-bond donors (Lipinski definition) is 2. The predicted octanol–water partition coefficient (Wildman–Crippen LogP) is -0.530. The van der Waals surface area contributed by atoms with E-state index in [1.54, 1.807) is 5.32 Å². The van der Waals surface area contributed by atoms with Crippen LogP contribution in [0.2, 0.25) is 0 Å². The number of anilines is 1. The lowest BCUT2D eigenvalue weighted by molar-refractivity contribution is -0.734. The molecule has 8 nitrogen and oxygen atoms in total. The number of hydrogen-bond acceptors (Lipinski definition) is 5. The van der Waals surface area contributed by atoms with Crippen molar-refractivity contribution < 1.29 is 29.6 Å². The van der Waals surface area contributed by atoms with Crippen LogP contribution in [0.1, 0.15) is 55.2 Å². The van der Waals surface area contributed by atoms with Gasteiger partial charge in [0.05, 0.1) is 5.69 Å². The van der Waals surface area contributed by atoms with Crippen molar-refractivity contribution in [2.45, 2.75) is 70.0 Å². The molecule has 1 saturated carbocycles. The minimum atomic E-state index is -1.24. The molecule has 2 saturated heterocycles. The van der Waals surface area contributed by atoms with Gasteiger partial charge < -0.3 is 20.5 Å². The van der Waals surface area contributed by atoms with Crippen molar-refractivity contribution in [3.05, 3.63) is 28.8 Å². The van der Waals surface area contributed by atoms with Crippen LogP contribution in [0.15, 0.2) is 12.1 Å². The zero-order valence-corrected chi connectivity index (χ0v) is 17.8. The molecule has 3 amide bonds. The molecular formula is C23H27N3O5. The largest absolute Gasteiger partial charge is 0.550 e. The molecule has 1 spiro atoms. The summed E-state index contributed by atoms with van der Waals surface area (Å²) >= 11 is 0. The standard InChI is InChI=1S/C23H27N3O5/c1-11-7-8-14-19(12(11)2)24-22(31)23(14)18-17(15(25-23)9-10-16(27)28)20(29)26(21(18)30)13-5-3-4-6-13/h7-8,13,15,17-18,25H,3-6,9-10H2,1-2H3,(H,24,31)(H,27,28)/t15-,17+,18-,23+/m0/s1. The SMILES string of the molecule is Cc1ccc2c(c1C)NC(=O)[C@@]21[NH2+][C@@H](CCC(=O)[O-])[C@H]2C(=O)N(C3CCCC3)C(=O)[C@H]21. The van der Waals surface area contributed by atoms with Crippen LogP contribution in [0.4, 0.5) is 5.69 Å². The van der Waals surface area contributed by atoms with Gasteiger partial charge in [-0.2, -0.15) is 0 Å². The molecule has 3 fully saturated rings. The molecule has 164 valence electrons. The molecule has 3 aliphatic heterocycles. The molecule has 1 aromatic carbocycles. The van der Waals surface area contributed by atoms with Gasteiger partial charge in [0, 0.05) is 24.0 Å². The van der Waals surface area contributed by atoms with E-state index >= 15 is 0 Å². The summed E-state index contributed by atoms with van der Waals surface area (Å²) in [6.07, 6.45) is 3.49. The van der Waals surface area contributed by atoms with Crippen LogP contribution in [0, 0.1) is 25.7 Å². The Hall–Kier alpha value is -2.74. The lowest BCUT2D eigenvalue weighted by Gasteiger charge is -2.29. The Bertz CT molecular complexity index is 1010. The zero-order chi connectivity index (χ0) is 22.1. The summed E-state index contributed by atoms with van der Waals surface area (Å²) < 4.78 is 0. The quantitative estimate of drug-likeness (QED) is 0.628. The molecule has 0 unspecified atom stereocenters. The number of fused-ring (bicyclic) bond motifs is 4. The van der Waals surface area contributed by atoms with Crippen LogP contribution in [0.25, 0.3) is 0 Å². The number of carboxylic acid groups (broad SMARTS) is 1. The first kappa shape index (κ1) is 20.2. The van der Waals surface area contributed by atoms with Gasteiger partial charge in [0.2, 0.25) is 17.4 Å². The lowest BCUT2D eigenvalue weighted by Crippen LogP contribution is -2.99. The van der Waals surface area contributed by atoms with Crippen LogP contribution in [0.5, 0.6) is 0 Å². The number of carboxylic acids is 1. The fourth-order valence-corrected chi connectivity index (χ4v) is 6.37. The van der Waals surface area contributed by atoms with Gasteiger partial charge >= 0.3 is 0 Å². The first-order valence-electron chi connectivity index (χ1n) is 11.1. The number of rotatable bonds is 4. The van der Waals surface area contributed by atoms with Crippen molar-refractivity contribution in [1.82, 2.24) is 4.90 Å². The topological polar surface area (TPSA) is 123 Å². The highest BCUT2D eigenvalue weighted by molar-refractivity contribution is 6.14. The van der Waals surface area contributed by atoms with E-state index in [-0.39, 0.29) is 36.6 Å². The third-order valence-corrected chi connectivity index (χ3v) is 7.98. The molecule has 3 N–H and O–H groups in total. The first-order valence-corrected chi connectivity index (χ1v) is 11.1. The monoisotopic (exact) mass is 425 g/mol. The third-order valence-electron chi connectivity index (χ3n) is 7.98. The molecule has 0 bridgehead atoms. The Labute approximate surface area is 180 Å². The average molecular weight is 425 g/mol. The molecule has 4 aliphatic rings. The van der Waals surface area contributed by atoms with Gasteiger partial charge in [-0.3, -0.25) is 19.3 Å². The van der Waals surface area contributed by atoms with Crippen molar-refractivity contribution in [2.75, 3.05) is 5.32 Å². The van der Waals surface area contributed by atoms with E-state index in [1.807, 2.05) is 26.0 Å². The summed E-state index contributed by atoms with van der Waals surface area (Å²) in [5.74, 6) is -3.55. The molecule has 8 heteroatoms. The summed E-state index contributed by atoms with van der Waals surface area (Å²) in [5, 5.41) is 15.9. The Balaban J connectivity index is 1.63. The van der Waals surface area contributed by atoms with Crippen molar-refractivity contribution in [3.8, 4) is 0 Å². The Morgan fingerprint density at radius 2 is 1.90 bits per heavy atom. The molecule has 4 atom stereocenters. The number of nitrogens with zero attached hydrogens (tertiary/aromatic N) is 1. The average Bonchev–Trinajstić information content (AvgIpc) is 3.46. The van der Waals surface area contributed by atoms with Crippen LogP contribution >= 0.6 is 0 Å². The van der Waals surface area contributed by atoms with Crippen molar-refractivity contribution in [1.29, 1.82) is 0 Å². The third kappa shape index (κ3) is 2.63. The number of carbonyl (C=O) groups excluding carboxylic acids is 4. The van der Waals surface area contributed by atoms with E-state index < -0.39 is 29.4 Å². The lowest BCUT2D eigenvalue weighted by atomic mass is 9.76. The second kappa shape index (κ2) is 6.88. The molecular weight excluding hydrogens is 398 g/mol. The highest BCUT2D eigenvalue weighted by Crippen LogP contribution is 2.51. The van der Waals surface area contributed by atoms with Gasteiger partial charge in [-0.05, 0) is 50.3 Å². The fraction of sp³-hybridized carbons (Fsp3) is 0.565. The van der Waals surface area contributed by atoms with Gasteiger partial charge in [0.25, 0.3) is 5.91 Å². The maximum absolute atomic E-state index is 13.7. The normalized spacial score (nSPS) is 32.1. The van der Waals surface area contributed by atoms with E-state index in [0.29, 0.717) is 5.69 Å². The fourth-order valence-electron chi connectivity index (χ4n) is 6.37. The number of aryl methyl sites for hydroxylation is 1. The number of imide groups is 1. The summed E-state index contributed by atoms with van der Waals surface area (Å²) in [6, 6.07) is 3.22. The van der Waals surface area contributed by atoms with E-state index in [4.69, 9.17) is 0 Å². The van der Waals surface area contributed by atoms with Crippen LogP contribution in [0.3, 0.4) is 0 Å². The molecule has 1 aliphatic carbocycles. The summed E-state index contributed by atoms with van der Waals surface area (Å²) in [4.78, 5) is 53.3. The van der Waals surface area contributed by atoms with E-state index in [1.165, 1.54) is 4.90 Å². The smallest absolute Gasteiger partial charge is 0.291 e. The number of likely N-dealkylation sites (tertiary alicyclic amines) is 1. The molecule has 5 rings (SSSR count). The van der Waals surface area contributed by atoms with Gasteiger partial charge in [-0.25, -0.2) is 0 Å². The number of nitrogens with two attached hydrogens (primary N) is 1. The molecule has 3 heterocycles. The number of nitrogens with one attached hydrogen (secondary N) is 1. The van der Waals surface area contributed by atoms with E-state index in [9.17, 15) is 24.3 Å². The summed E-state index contributed by atoms with van der Waals surface area (Å²) in [5.41, 5.74) is 2.16. The molecule has 0 radical (unpaired) electrons. The number of amides is 3. The van der Waals surface area contributed by atoms with Crippen LogP contribution in [-0.2, 0) is 24.7 Å². The Kier molecular flexibility index (Phi) is 4.48. The van der Waals surface area contributed by atoms with E-state index in [2.05, 4.69) is 5.32 Å². The second-order valence-electron chi connectivity index (χ2n) is 9.48. The van der Waals surface area contributed by atoms with Gasteiger partial charge in [0.15, 0.2) is 0 Å². The summed E-state index contributed by atoms with van der Waals surface area (Å²) in [6.45, 7) is 3.89.